The molecule has 1 amide bonds. The van der Waals surface area contributed by atoms with Gasteiger partial charge in [0, 0.05) is 11.9 Å². The first-order valence-corrected chi connectivity index (χ1v) is 9.15. The van der Waals surface area contributed by atoms with E-state index in [0.29, 0.717) is 5.92 Å². The van der Waals surface area contributed by atoms with Gasteiger partial charge in [0.2, 0.25) is 5.91 Å². The number of hydrogen-bond donors (Lipinski definition) is 2. The van der Waals surface area contributed by atoms with Gasteiger partial charge in [-0.25, -0.2) is 0 Å². The molecule has 130 valence electrons. The summed E-state index contributed by atoms with van der Waals surface area (Å²) >= 11 is 0. The van der Waals surface area contributed by atoms with Crippen LogP contribution in [0.2, 0.25) is 0 Å². The van der Waals surface area contributed by atoms with Crippen LogP contribution in [0.5, 0.6) is 0 Å². The average Bonchev–Trinajstić information content (AvgIpc) is 3.04. The molecule has 2 unspecified atom stereocenters. The molecule has 2 N–H and O–H groups in total. The molecule has 4 heteroatoms. The summed E-state index contributed by atoms with van der Waals surface area (Å²) in [5.41, 5.74) is 0.885. The Kier molecular flexibility index (Phi) is 5.56. The topological polar surface area (TPSA) is 54.3 Å². The highest BCUT2D eigenvalue weighted by Crippen LogP contribution is 2.24. The summed E-state index contributed by atoms with van der Waals surface area (Å²) in [4.78, 5) is 12.3. The lowest BCUT2D eigenvalue weighted by Crippen LogP contribution is -2.44. The van der Waals surface area contributed by atoms with Crippen LogP contribution in [0.3, 0.4) is 0 Å². The van der Waals surface area contributed by atoms with Crippen molar-refractivity contribution in [1.29, 1.82) is 0 Å². The fourth-order valence-corrected chi connectivity index (χ4v) is 3.54. The predicted octanol–water partition coefficient (Wildman–Crippen LogP) is 4.17. The van der Waals surface area contributed by atoms with Crippen molar-refractivity contribution in [2.75, 3.05) is 6.54 Å². The van der Waals surface area contributed by atoms with Crippen LogP contribution in [0.1, 0.15) is 57.8 Å². The van der Waals surface area contributed by atoms with Gasteiger partial charge in [-0.15, -0.1) is 0 Å². The molecule has 4 nitrogen and oxygen atoms in total. The Labute approximate surface area is 144 Å². The second-order valence-corrected chi connectivity index (χ2v) is 7.05. The standard InChI is InChI=1S/C20H28N2O2/c1-14(19-12-17-10-6-7-11-18(17)24-19)22-15(2)20(23)21-13-16-8-4-3-5-9-16/h6-7,10-12,14-16,22H,3-5,8-9,13H2,1-2H3,(H,21,23). The fraction of sp³-hybridized carbons (Fsp3) is 0.550. The lowest BCUT2D eigenvalue weighted by molar-refractivity contribution is -0.123. The number of nitrogens with one attached hydrogen (secondary N) is 2. The van der Waals surface area contributed by atoms with Crippen LogP contribution in [0.15, 0.2) is 34.7 Å². The number of carbonyl (C=O) groups is 1. The van der Waals surface area contributed by atoms with Crippen molar-refractivity contribution in [3.63, 3.8) is 0 Å². The van der Waals surface area contributed by atoms with E-state index in [9.17, 15) is 4.79 Å². The minimum atomic E-state index is -0.239. The van der Waals surface area contributed by atoms with Crippen LogP contribution in [0.25, 0.3) is 11.0 Å². The lowest BCUT2D eigenvalue weighted by Gasteiger charge is -2.23. The molecule has 0 bridgehead atoms. The zero-order chi connectivity index (χ0) is 16.9. The molecular weight excluding hydrogens is 300 g/mol. The van der Waals surface area contributed by atoms with Crippen molar-refractivity contribution >= 4 is 16.9 Å². The molecule has 2 atom stereocenters. The molecule has 1 fully saturated rings. The predicted molar refractivity (Wildman–Crippen MR) is 96.8 cm³/mol. The third kappa shape index (κ3) is 4.18. The molecule has 1 heterocycles. The van der Waals surface area contributed by atoms with Crippen LogP contribution >= 0.6 is 0 Å². The van der Waals surface area contributed by atoms with Gasteiger partial charge < -0.3 is 9.73 Å². The first-order chi connectivity index (χ1) is 11.6. The Bertz CT molecular complexity index is 640. The summed E-state index contributed by atoms with van der Waals surface area (Å²) in [7, 11) is 0. The van der Waals surface area contributed by atoms with Gasteiger partial charge in [-0.1, -0.05) is 37.5 Å². The number of hydrogen-bond acceptors (Lipinski definition) is 3. The second kappa shape index (κ2) is 7.84. The molecule has 0 spiro atoms. The highest BCUT2D eigenvalue weighted by atomic mass is 16.3. The van der Waals surface area contributed by atoms with Gasteiger partial charge in [-0.3, -0.25) is 10.1 Å². The van der Waals surface area contributed by atoms with Gasteiger partial charge >= 0.3 is 0 Å². The number of rotatable bonds is 6. The summed E-state index contributed by atoms with van der Waals surface area (Å²) < 4.78 is 5.87. The highest BCUT2D eigenvalue weighted by molar-refractivity contribution is 5.81. The van der Waals surface area contributed by atoms with Gasteiger partial charge in [-0.2, -0.15) is 0 Å². The van der Waals surface area contributed by atoms with Crippen molar-refractivity contribution < 1.29 is 9.21 Å². The van der Waals surface area contributed by atoms with Crippen molar-refractivity contribution in [2.45, 2.75) is 58.0 Å². The van der Waals surface area contributed by atoms with Gasteiger partial charge in [0.25, 0.3) is 0 Å². The van der Waals surface area contributed by atoms with E-state index in [4.69, 9.17) is 4.42 Å². The third-order valence-electron chi connectivity index (χ3n) is 5.05. The molecule has 0 saturated heterocycles. The second-order valence-electron chi connectivity index (χ2n) is 7.05. The minimum Gasteiger partial charge on any atom is -0.459 e. The Hall–Kier alpha value is -1.81. The maximum absolute atomic E-state index is 12.3. The van der Waals surface area contributed by atoms with E-state index in [2.05, 4.69) is 10.6 Å². The average molecular weight is 328 g/mol. The monoisotopic (exact) mass is 328 g/mol. The molecule has 3 rings (SSSR count). The highest BCUT2D eigenvalue weighted by Gasteiger charge is 2.20. The summed E-state index contributed by atoms with van der Waals surface area (Å²) in [6, 6.07) is 9.77. The van der Waals surface area contributed by atoms with Gasteiger partial charge in [0.1, 0.15) is 11.3 Å². The molecule has 2 aromatic rings. The van der Waals surface area contributed by atoms with Gasteiger partial charge in [-0.05, 0) is 44.7 Å². The van der Waals surface area contributed by atoms with Crippen LogP contribution in [-0.2, 0) is 4.79 Å². The van der Waals surface area contributed by atoms with Crippen LogP contribution in [0, 0.1) is 5.92 Å². The third-order valence-corrected chi connectivity index (χ3v) is 5.05. The summed E-state index contributed by atoms with van der Waals surface area (Å²) in [6.45, 7) is 4.75. The molecule has 1 aromatic carbocycles. The van der Waals surface area contributed by atoms with E-state index in [0.717, 1.165) is 23.3 Å². The van der Waals surface area contributed by atoms with E-state index in [1.807, 2.05) is 44.2 Å². The van der Waals surface area contributed by atoms with Crippen LogP contribution in [-0.4, -0.2) is 18.5 Å². The molecule has 1 saturated carbocycles. The Morgan fingerprint density at radius 1 is 1.21 bits per heavy atom. The molecular formula is C20H28N2O2. The number of amides is 1. The first kappa shape index (κ1) is 17.0. The lowest BCUT2D eigenvalue weighted by atomic mass is 9.89. The molecule has 24 heavy (non-hydrogen) atoms. The zero-order valence-corrected chi connectivity index (χ0v) is 14.7. The maximum atomic E-state index is 12.3. The Morgan fingerprint density at radius 2 is 1.96 bits per heavy atom. The maximum Gasteiger partial charge on any atom is 0.236 e. The number of carbonyl (C=O) groups excluding carboxylic acids is 1. The molecule has 0 radical (unpaired) electrons. The first-order valence-electron chi connectivity index (χ1n) is 9.15. The number of benzene rings is 1. The normalized spacial score (nSPS) is 18.4. The van der Waals surface area contributed by atoms with Gasteiger partial charge in [0.05, 0.1) is 12.1 Å². The largest absolute Gasteiger partial charge is 0.459 e. The fourth-order valence-electron chi connectivity index (χ4n) is 3.54. The molecule has 1 aromatic heterocycles. The SMILES string of the molecule is CC(NC(C)c1cc2ccccc2o1)C(=O)NCC1CCCCC1. The Morgan fingerprint density at radius 3 is 2.71 bits per heavy atom. The van der Waals surface area contributed by atoms with Crippen molar-refractivity contribution in [3.05, 3.63) is 36.1 Å². The van der Waals surface area contributed by atoms with E-state index >= 15 is 0 Å². The van der Waals surface area contributed by atoms with Crippen LogP contribution < -0.4 is 10.6 Å². The number of fused-ring (bicyclic) bond motifs is 1. The van der Waals surface area contributed by atoms with E-state index in [1.54, 1.807) is 0 Å². The van der Waals surface area contributed by atoms with E-state index in [-0.39, 0.29) is 18.0 Å². The smallest absolute Gasteiger partial charge is 0.236 e. The summed E-state index contributed by atoms with van der Waals surface area (Å²) in [5, 5.41) is 7.54. The molecule has 0 aliphatic heterocycles. The van der Waals surface area contributed by atoms with Crippen molar-refractivity contribution in [1.82, 2.24) is 10.6 Å². The van der Waals surface area contributed by atoms with Crippen molar-refractivity contribution in [3.8, 4) is 0 Å². The minimum absolute atomic E-state index is 0.00664. The number of para-hydroxylation sites is 1. The van der Waals surface area contributed by atoms with E-state index in [1.165, 1.54) is 32.1 Å². The molecule has 1 aliphatic carbocycles. The summed E-state index contributed by atoms with van der Waals surface area (Å²) in [5.74, 6) is 1.59. The van der Waals surface area contributed by atoms with Crippen molar-refractivity contribution in [2.24, 2.45) is 5.92 Å². The zero-order valence-electron chi connectivity index (χ0n) is 14.7. The molecule has 1 aliphatic rings. The Balaban J connectivity index is 1.51. The quantitative estimate of drug-likeness (QED) is 0.837. The summed E-state index contributed by atoms with van der Waals surface area (Å²) in [6.07, 6.45) is 6.45. The van der Waals surface area contributed by atoms with E-state index < -0.39 is 0 Å². The van der Waals surface area contributed by atoms with Gasteiger partial charge in [0.15, 0.2) is 0 Å². The number of furan rings is 1. The van der Waals surface area contributed by atoms with Crippen LogP contribution in [0.4, 0.5) is 0 Å².